The number of rotatable bonds is 4. The fourth-order valence-corrected chi connectivity index (χ4v) is 2.47. The van der Waals surface area contributed by atoms with Crippen LogP contribution in [0.2, 0.25) is 0 Å². The first-order valence-corrected chi connectivity index (χ1v) is 6.63. The zero-order valence-corrected chi connectivity index (χ0v) is 11.1. The molecule has 6 heteroatoms. The number of nitrogens with one attached hydrogen (secondary N) is 1. The Bertz CT molecular complexity index is 475. The van der Waals surface area contributed by atoms with Gasteiger partial charge < -0.3 is 10.4 Å². The highest BCUT2D eigenvalue weighted by molar-refractivity contribution is 5.88. The normalized spacial score (nSPS) is 16.3. The summed E-state index contributed by atoms with van der Waals surface area (Å²) in [5.74, 6) is -1.12. The van der Waals surface area contributed by atoms with Gasteiger partial charge in [0.05, 0.1) is 11.9 Å². The predicted octanol–water partition coefficient (Wildman–Crippen LogP) is 1.34. The van der Waals surface area contributed by atoms with Gasteiger partial charge in [-0.25, -0.2) is 4.79 Å². The van der Waals surface area contributed by atoms with Crippen LogP contribution < -0.4 is 5.32 Å². The number of aromatic nitrogens is 2. The van der Waals surface area contributed by atoms with Crippen LogP contribution in [-0.4, -0.2) is 32.8 Å². The zero-order valence-electron chi connectivity index (χ0n) is 11.1. The van der Waals surface area contributed by atoms with E-state index in [0.29, 0.717) is 5.69 Å². The maximum Gasteiger partial charge on any atom is 0.339 e. The lowest BCUT2D eigenvalue weighted by atomic mass is 9.95. The number of hydrogen-bond acceptors (Lipinski definition) is 3. The highest BCUT2D eigenvalue weighted by Gasteiger charge is 2.18. The van der Waals surface area contributed by atoms with Crippen LogP contribution in [-0.2, 0) is 11.3 Å². The second-order valence-electron chi connectivity index (χ2n) is 5.01. The van der Waals surface area contributed by atoms with E-state index >= 15 is 0 Å². The standard InChI is InChI=1S/C13H19N3O3/c1-9-11(13(18)19)7-14-16(9)8-12(17)15-10-5-3-2-4-6-10/h7,10H,2-6,8H2,1H3,(H,15,17)(H,18,19). The number of carbonyl (C=O) groups is 2. The molecule has 104 valence electrons. The molecule has 0 radical (unpaired) electrons. The lowest BCUT2D eigenvalue weighted by Crippen LogP contribution is -2.38. The van der Waals surface area contributed by atoms with E-state index in [0.717, 1.165) is 25.7 Å². The zero-order chi connectivity index (χ0) is 13.8. The lowest BCUT2D eigenvalue weighted by molar-refractivity contribution is -0.122. The maximum absolute atomic E-state index is 11.9. The summed E-state index contributed by atoms with van der Waals surface area (Å²) in [5.41, 5.74) is 0.650. The summed E-state index contributed by atoms with van der Waals surface area (Å²) < 4.78 is 1.43. The molecule has 0 aliphatic heterocycles. The van der Waals surface area contributed by atoms with E-state index in [9.17, 15) is 9.59 Å². The molecule has 1 aliphatic carbocycles. The summed E-state index contributed by atoms with van der Waals surface area (Å²) in [6.07, 6.45) is 6.91. The van der Waals surface area contributed by atoms with Crippen molar-refractivity contribution in [3.63, 3.8) is 0 Å². The number of hydrogen-bond donors (Lipinski definition) is 2. The van der Waals surface area contributed by atoms with Crippen LogP contribution in [0.25, 0.3) is 0 Å². The fourth-order valence-electron chi connectivity index (χ4n) is 2.47. The summed E-state index contributed by atoms with van der Waals surface area (Å²) in [7, 11) is 0. The number of carboxylic acid groups (broad SMARTS) is 1. The number of carboxylic acids is 1. The topological polar surface area (TPSA) is 84.2 Å². The van der Waals surface area contributed by atoms with Crippen LogP contribution in [0.1, 0.15) is 48.2 Å². The van der Waals surface area contributed by atoms with Crippen LogP contribution in [0.3, 0.4) is 0 Å². The lowest BCUT2D eigenvalue weighted by Gasteiger charge is -2.22. The monoisotopic (exact) mass is 265 g/mol. The van der Waals surface area contributed by atoms with E-state index in [1.54, 1.807) is 6.92 Å². The van der Waals surface area contributed by atoms with Crippen LogP contribution in [0.4, 0.5) is 0 Å². The third-order valence-electron chi connectivity index (χ3n) is 3.60. The Morgan fingerprint density at radius 2 is 2.11 bits per heavy atom. The molecule has 0 atom stereocenters. The van der Waals surface area contributed by atoms with Crippen LogP contribution in [0.15, 0.2) is 6.20 Å². The smallest absolute Gasteiger partial charge is 0.339 e. The van der Waals surface area contributed by atoms with Gasteiger partial charge >= 0.3 is 5.97 Å². The van der Waals surface area contributed by atoms with E-state index < -0.39 is 5.97 Å². The van der Waals surface area contributed by atoms with Crippen molar-refractivity contribution in [2.45, 2.75) is 51.6 Å². The van der Waals surface area contributed by atoms with Gasteiger partial charge in [0.1, 0.15) is 12.1 Å². The molecule has 2 N–H and O–H groups in total. The van der Waals surface area contributed by atoms with E-state index in [2.05, 4.69) is 10.4 Å². The van der Waals surface area contributed by atoms with Gasteiger partial charge in [-0.3, -0.25) is 9.48 Å². The number of aromatic carboxylic acids is 1. The van der Waals surface area contributed by atoms with Crippen molar-refractivity contribution in [2.75, 3.05) is 0 Å². The van der Waals surface area contributed by atoms with Crippen LogP contribution >= 0.6 is 0 Å². The van der Waals surface area contributed by atoms with Gasteiger partial charge in [0.25, 0.3) is 0 Å². The predicted molar refractivity (Wildman–Crippen MR) is 68.9 cm³/mol. The van der Waals surface area contributed by atoms with Crippen molar-refractivity contribution in [3.05, 3.63) is 17.5 Å². The Hall–Kier alpha value is -1.85. The molecule has 2 rings (SSSR count). The SMILES string of the molecule is Cc1c(C(=O)O)cnn1CC(=O)NC1CCCCC1. The minimum atomic E-state index is -1.02. The molecule has 1 amide bonds. The largest absolute Gasteiger partial charge is 0.478 e. The Balaban J connectivity index is 1.93. The Morgan fingerprint density at radius 3 is 2.68 bits per heavy atom. The van der Waals surface area contributed by atoms with E-state index in [4.69, 9.17) is 5.11 Å². The Labute approximate surface area is 111 Å². The van der Waals surface area contributed by atoms with Crippen molar-refractivity contribution in [3.8, 4) is 0 Å². The molecule has 1 heterocycles. The number of amides is 1. The molecule has 1 saturated carbocycles. The van der Waals surface area contributed by atoms with E-state index in [-0.39, 0.29) is 24.1 Å². The Morgan fingerprint density at radius 1 is 1.42 bits per heavy atom. The highest BCUT2D eigenvalue weighted by atomic mass is 16.4. The minimum Gasteiger partial charge on any atom is -0.478 e. The van der Waals surface area contributed by atoms with Gasteiger partial charge in [-0.05, 0) is 19.8 Å². The molecule has 0 unspecified atom stereocenters. The number of carbonyl (C=O) groups excluding carboxylic acids is 1. The van der Waals surface area contributed by atoms with Gasteiger partial charge in [0.15, 0.2) is 0 Å². The molecular weight excluding hydrogens is 246 g/mol. The molecule has 0 aromatic carbocycles. The second-order valence-corrected chi connectivity index (χ2v) is 5.01. The van der Waals surface area contributed by atoms with Crippen LogP contribution in [0.5, 0.6) is 0 Å². The molecule has 1 aromatic rings. The first kappa shape index (κ1) is 13.6. The minimum absolute atomic E-state index is 0.0790. The first-order chi connectivity index (χ1) is 9.08. The summed E-state index contributed by atoms with van der Waals surface area (Å²) in [6.45, 7) is 1.74. The van der Waals surface area contributed by atoms with Gasteiger partial charge in [0, 0.05) is 6.04 Å². The molecular formula is C13H19N3O3. The molecule has 0 spiro atoms. The molecule has 6 nitrogen and oxygen atoms in total. The van der Waals surface area contributed by atoms with Crippen molar-refractivity contribution >= 4 is 11.9 Å². The summed E-state index contributed by atoms with van der Waals surface area (Å²) in [6, 6.07) is 0.260. The van der Waals surface area contributed by atoms with Crippen molar-refractivity contribution in [2.24, 2.45) is 0 Å². The van der Waals surface area contributed by atoms with Gasteiger partial charge in [-0.1, -0.05) is 19.3 Å². The van der Waals surface area contributed by atoms with E-state index in [1.807, 2.05) is 0 Å². The van der Waals surface area contributed by atoms with Crippen molar-refractivity contribution in [1.82, 2.24) is 15.1 Å². The van der Waals surface area contributed by atoms with Crippen LogP contribution in [0, 0.1) is 6.92 Å². The maximum atomic E-state index is 11.9. The third kappa shape index (κ3) is 3.33. The number of nitrogens with zero attached hydrogens (tertiary/aromatic N) is 2. The van der Waals surface area contributed by atoms with Crippen molar-refractivity contribution < 1.29 is 14.7 Å². The highest BCUT2D eigenvalue weighted by Crippen LogP contribution is 2.17. The Kier molecular flexibility index (Phi) is 4.19. The average molecular weight is 265 g/mol. The second kappa shape index (κ2) is 5.86. The molecule has 1 aliphatic rings. The fraction of sp³-hybridized carbons (Fsp3) is 0.615. The molecule has 0 saturated heterocycles. The summed E-state index contributed by atoms with van der Waals surface area (Å²) in [4.78, 5) is 22.8. The van der Waals surface area contributed by atoms with Crippen molar-refractivity contribution in [1.29, 1.82) is 0 Å². The summed E-state index contributed by atoms with van der Waals surface area (Å²) in [5, 5.41) is 15.9. The molecule has 1 aromatic heterocycles. The molecule has 1 fully saturated rings. The molecule has 0 bridgehead atoms. The summed E-state index contributed by atoms with van der Waals surface area (Å²) >= 11 is 0. The quantitative estimate of drug-likeness (QED) is 0.860. The third-order valence-corrected chi connectivity index (χ3v) is 3.60. The van der Waals surface area contributed by atoms with Gasteiger partial charge in [0.2, 0.25) is 5.91 Å². The van der Waals surface area contributed by atoms with Gasteiger partial charge in [-0.2, -0.15) is 5.10 Å². The average Bonchev–Trinajstić information content (AvgIpc) is 2.72. The van der Waals surface area contributed by atoms with E-state index in [1.165, 1.54) is 17.3 Å². The molecule has 19 heavy (non-hydrogen) atoms. The first-order valence-electron chi connectivity index (χ1n) is 6.63. The van der Waals surface area contributed by atoms with Gasteiger partial charge in [-0.15, -0.1) is 0 Å².